The maximum absolute atomic E-state index is 8.81. The summed E-state index contributed by atoms with van der Waals surface area (Å²) >= 11 is 0. The Morgan fingerprint density at radius 2 is 1.51 bits per heavy atom. The number of pyridine rings is 1. The molecule has 3 rings (SSSR count). The lowest BCUT2D eigenvalue weighted by atomic mass is 9.97. The van der Waals surface area contributed by atoms with Gasteiger partial charge in [-0.3, -0.25) is 4.98 Å². The monoisotopic (exact) mass is 651 g/mol. The summed E-state index contributed by atoms with van der Waals surface area (Å²) < 4.78 is 0. The zero-order chi connectivity index (χ0) is 36.8. The smallest absolute Gasteiger partial charge is 0.116 e. The summed E-state index contributed by atoms with van der Waals surface area (Å²) in [5.74, 6) is 0.968. The van der Waals surface area contributed by atoms with Crippen molar-refractivity contribution in [3.8, 4) is 0 Å². The first-order chi connectivity index (χ1) is 22.3. The van der Waals surface area contributed by atoms with Crippen molar-refractivity contribution in [2.45, 2.75) is 141 Å². The van der Waals surface area contributed by atoms with Crippen LogP contribution >= 0.6 is 0 Å². The molecule has 0 spiro atoms. The van der Waals surface area contributed by atoms with Crippen LogP contribution in [0.25, 0.3) is 0 Å². The first-order valence-electron chi connectivity index (χ1n) is 17.8. The normalized spacial score (nSPS) is 13.1. The topological polar surface area (TPSA) is 53.4 Å². The second-order valence-electron chi connectivity index (χ2n) is 12.8. The minimum Gasteiger partial charge on any atom is -0.400 e. The molecule has 0 aliphatic carbocycles. The van der Waals surface area contributed by atoms with Crippen LogP contribution in [0.3, 0.4) is 0 Å². The number of piperidine rings is 1. The number of rotatable bonds is 8. The molecule has 1 unspecified atom stereocenters. The number of benzene rings is 1. The first kappa shape index (κ1) is 48.6. The molecule has 1 atom stereocenters. The molecule has 1 aromatic heterocycles. The van der Waals surface area contributed by atoms with Crippen LogP contribution in [-0.2, 0) is 17.6 Å². The highest BCUT2D eigenvalue weighted by Crippen LogP contribution is 2.19. The van der Waals surface area contributed by atoms with E-state index in [1.807, 2.05) is 25.4 Å². The quantitative estimate of drug-likeness (QED) is 0.228. The number of nitrogens with zero attached hydrogens (tertiary/aromatic N) is 2. The molecular formula is C43H74N2O2. The van der Waals surface area contributed by atoms with E-state index in [0.29, 0.717) is 0 Å². The lowest BCUT2D eigenvalue weighted by Crippen LogP contribution is -2.39. The predicted octanol–water partition coefficient (Wildman–Crippen LogP) is 11.5. The van der Waals surface area contributed by atoms with Crippen LogP contribution in [0, 0.1) is 19.8 Å². The number of likely N-dealkylation sites (tertiary alicyclic amines) is 1. The molecule has 1 N–H and O–H groups in total. The van der Waals surface area contributed by atoms with E-state index in [-0.39, 0.29) is 0 Å². The molecule has 2 heterocycles. The maximum Gasteiger partial charge on any atom is 0.116 e. The third-order valence-electron chi connectivity index (χ3n) is 8.14. The van der Waals surface area contributed by atoms with Crippen molar-refractivity contribution in [2.24, 2.45) is 5.92 Å². The van der Waals surface area contributed by atoms with Gasteiger partial charge in [-0.2, -0.15) is 0 Å². The van der Waals surface area contributed by atoms with Crippen molar-refractivity contribution < 1.29 is 9.90 Å². The predicted molar refractivity (Wildman–Crippen MR) is 210 cm³/mol. The van der Waals surface area contributed by atoms with Crippen LogP contribution in [0.15, 0.2) is 77.7 Å². The fourth-order valence-electron chi connectivity index (χ4n) is 4.85. The van der Waals surface area contributed by atoms with Crippen molar-refractivity contribution in [1.82, 2.24) is 9.88 Å². The Hall–Kier alpha value is -2.82. The largest absolute Gasteiger partial charge is 0.400 e. The molecule has 0 radical (unpaired) electrons. The molecule has 1 fully saturated rings. The average molecular weight is 651 g/mol. The van der Waals surface area contributed by atoms with Crippen molar-refractivity contribution in [1.29, 1.82) is 0 Å². The minimum atomic E-state index is 0.750. The number of aromatic nitrogens is 1. The van der Waals surface area contributed by atoms with Crippen LogP contribution in [0.5, 0.6) is 0 Å². The van der Waals surface area contributed by atoms with Gasteiger partial charge in [0.2, 0.25) is 0 Å². The van der Waals surface area contributed by atoms with Crippen molar-refractivity contribution in [3.63, 3.8) is 0 Å². The van der Waals surface area contributed by atoms with Gasteiger partial charge in [0, 0.05) is 25.5 Å². The van der Waals surface area contributed by atoms with Crippen molar-refractivity contribution in [2.75, 3.05) is 20.2 Å². The number of hydrogen-bond acceptors (Lipinski definition) is 4. The highest BCUT2D eigenvalue weighted by atomic mass is 16.2. The lowest BCUT2D eigenvalue weighted by Gasteiger charge is -2.34. The van der Waals surface area contributed by atoms with Gasteiger partial charge >= 0.3 is 0 Å². The fraction of sp³-hybridized carbons (Fsp3) is 0.581. The Labute approximate surface area is 292 Å². The summed E-state index contributed by atoms with van der Waals surface area (Å²) in [7, 11) is 1.00. The highest BCUT2D eigenvalue weighted by Gasteiger charge is 2.19. The van der Waals surface area contributed by atoms with E-state index in [4.69, 9.17) is 9.90 Å². The summed E-state index contributed by atoms with van der Waals surface area (Å²) in [5, 5.41) is 7.00. The molecule has 4 nitrogen and oxygen atoms in total. The van der Waals surface area contributed by atoms with Gasteiger partial charge in [0.15, 0.2) is 0 Å². The number of allylic oxidation sites excluding steroid dienone is 5. The second-order valence-corrected chi connectivity index (χ2v) is 12.8. The summed E-state index contributed by atoms with van der Waals surface area (Å²) in [5.41, 5.74) is 10.7. The van der Waals surface area contributed by atoms with E-state index in [1.54, 1.807) is 0 Å². The van der Waals surface area contributed by atoms with Gasteiger partial charge in [0.1, 0.15) is 6.29 Å². The molecule has 0 bridgehead atoms. The third-order valence-corrected chi connectivity index (χ3v) is 8.14. The van der Waals surface area contributed by atoms with E-state index in [1.165, 1.54) is 97.5 Å². The van der Waals surface area contributed by atoms with Gasteiger partial charge in [-0.15, -0.1) is 0 Å². The number of aldehydes is 1. The van der Waals surface area contributed by atoms with Gasteiger partial charge in [-0.1, -0.05) is 94.2 Å². The van der Waals surface area contributed by atoms with E-state index in [9.17, 15) is 0 Å². The van der Waals surface area contributed by atoms with E-state index in [2.05, 4.69) is 123 Å². The molecule has 4 heteroatoms. The number of aliphatic hydroxyl groups is 1. The molecule has 1 aliphatic heterocycles. The molecule has 1 aliphatic rings. The zero-order valence-electron chi connectivity index (χ0n) is 33.2. The van der Waals surface area contributed by atoms with Gasteiger partial charge < -0.3 is 14.8 Å². The lowest BCUT2D eigenvalue weighted by molar-refractivity contribution is -0.106. The Morgan fingerprint density at radius 3 is 1.89 bits per heavy atom. The Bertz CT molecular complexity index is 1100. The number of aryl methyl sites for hydroxylation is 4. The van der Waals surface area contributed by atoms with Crippen molar-refractivity contribution in [3.05, 3.63) is 99.9 Å². The number of carbonyl (C=O) groups excluding carboxylic acids is 1. The molecule has 1 saturated heterocycles. The van der Waals surface area contributed by atoms with E-state index < -0.39 is 0 Å². The van der Waals surface area contributed by atoms with Crippen LogP contribution in [0.1, 0.15) is 131 Å². The standard InChI is InChI=1S/C11H23N.C11H18.C10H14.C8H11N.C2H4O.CH4O/c1-4-5-11(3)12-8-6-10(2)7-9-12;1-8(2)7-10(5)11(6)9(3)4;1-3-4-10-7-5-9(2)6-8-10;1-3-8-6-9-5-4-7(8)2;1-2-3;1-2/h10-11H,4-9H2,1-3H3;7H,1H2,2-6H3;5-8H,3-4H2,1-2H3;4-6H,3H2,1-2H3;2H,1H3;2H,1H3/b;10-7-;;;;. The average Bonchev–Trinajstić information content (AvgIpc) is 3.04. The van der Waals surface area contributed by atoms with Gasteiger partial charge in [-0.25, -0.2) is 0 Å². The molecule has 0 amide bonds. The number of carbonyl (C=O) groups is 1. The molecule has 2 aromatic rings. The summed E-state index contributed by atoms with van der Waals surface area (Å²) in [6, 6.07) is 11.6. The Balaban J connectivity index is -0.000000526. The molecule has 268 valence electrons. The first-order valence-corrected chi connectivity index (χ1v) is 17.8. The van der Waals surface area contributed by atoms with Crippen LogP contribution in [0.4, 0.5) is 0 Å². The molecular weight excluding hydrogens is 576 g/mol. The van der Waals surface area contributed by atoms with Gasteiger partial charge in [-0.05, 0) is 147 Å². The molecule has 47 heavy (non-hydrogen) atoms. The SMILES string of the molecule is C=C(C)/C=C(/C)C(C)=C(C)C.CC=O.CCCC(C)N1CCC(C)CC1.CCCc1ccc(C)cc1.CCc1cnccc1C.CO. The zero-order valence-corrected chi connectivity index (χ0v) is 33.2. The van der Waals surface area contributed by atoms with E-state index in [0.717, 1.165) is 37.3 Å². The van der Waals surface area contributed by atoms with Crippen molar-refractivity contribution >= 4 is 6.29 Å². The van der Waals surface area contributed by atoms with Crippen LogP contribution in [-0.4, -0.2) is 47.5 Å². The minimum absolute atomic E-state index is 0.750. The molecule has 0 saturated carbocycles. The third kappa shape index (κ3) is 26.9. The number of aliphatic hydroxyl groups excluding tert-OH is 1. The van der Waals surface area contributed by atoms with Gasteiger partial charge in [0.25, 0.3) is 0 Å². The van der Waals surface area contributed by atoms with Gasteiger partial charge in [0.05, 0.1) is 0 Å². The fourth-order valence-corrected chi connectivity index (χ4v) is 4.85. The summed E-state index contributed by atoms with van der Waals surface area (Å²) in [4.78, 5) is 15.5. The van der Waals surface area contributed by atoms with E-state index >= 15 is 0 Å². The summed E-state index contributed by atoms with van der Waals surface area (Å²) in [6.45, 7) is 34.1. The number of hydrogen-bond donors (Lipinski definition) is 1. The molecule has 1 aromatic carbocycles. The Morgan fingerprint density at radius 1 is 0.979 bits per heavy atom. The van der Waals surface area contributed by atoms with Crippen LogP contribution < -0.4 is 0 Å². The maximum atomic E-state index is 8.81. The second kappa shape index (κ2) is 31.8. The highest BCUT2D eigenvalue weighted by molar-refractivity contribution is 5.44. The summed E-state index contributed by atoms with van der Waals surface area (Å²) in [6.07, 6.45) is 15.7. The Kier molecular flexibility index (Phi) is 32.8. The van der Waals surface area contributed by atoms with Crippen LogP contribution in [0.2, 0.25) is 0 Å².